The van der Waals surface area contributed by atoms with Gasteiger partial charge in [-0.3, -0.25) is 14.4 Å². The smallest absolute Gasteiger partial charge is 0.306 e. The third kappa shape index (κ3) is 60.6. The normalized spacial score (nSPS) is 12.1. The maximum Gasteiger partial charge on any atom is 0.306 e. The Morgan fingerprint density at radius 3 is 0.699 bits per heavy atom. The average molecular weight is 1030 g/mol. The summed E-state index contributed by atoms with van der Waals surface area (Å²) in [6.45, 7) is 6.65. The molecular weight excluding hydrogens is 901 g/mol. The van der Waals surface area contributed by atoms with Crippen LogP contribution in [0.15, 0.2) is 24.3 Å². The lowest BCUT2D eigenvalue weighted by Gasteiger charge is -2.18. The summed E-state index contributed by atoms with van der Waals surface area (Å²) in [7, 11) is 0. The molecule has 1 atom stereocenters. The molecule has 0 radical (unpaired) electrons. The Kier molecular flexibility index (Phi) is 60.6. The van der Waals surface area contributed by atoms with E-state index in [1.807, 2.05) is 0 Å². The second kappa shape index (κ2) is 62.4. The Hall–Kier alpha value is -2.11. The number of rotatable bonds is 61. The highest BCUT2D eigenvalue weighted by atomic mass is 16.6. The zero-order valence-electron chi connectivity index (χ0n) is 49.4. The van der Waals surface area contributed by atoms with Gasteiger partial charge in [0.15, 0.2) is 6.10 Å². The van der Waals surface area contributed by atoms with Crippen LogP contribution in [0.1, 0.15) is 367 Å². The lowest BCUT2D eigenvalue weighted by atomic mass is 10.0. The standard InChI is InChI=1S/C67H126O6/c1-4-7-10-13-16-19-21-23-24-25-26-27-28-29-30-31-32-33-34-35-36-37-38-39-40-41-42-44-45-48-51-54-57-60-66(69)72-63-64(62-71-65(68)59-56-53-50-47-18-15-12-9-6-3)73-67(70)61-58-55-52-49-46-43-22-20-17-14-11-8-5-2/h20,22,25-26,64H,4-19,21,23-24,27-63H2,1-3H3/b22-20-,26-25-. The first-order chi connectivity index (χ1) is 36.0. The Balaban J connectivity index is 3.96. The monoisotopic (exact) mass is 1030 g/mol. The van der Waals surface area contributed by atoms with Crippen molar-refractivity contribution in [3.8, 4) is 0 Å². The van der Waals surface area contributed by atoms with Crippen LogP contribution in [-0.4, -0.2) is 37.2 Å². The predicted molar refractivity (Wildman–Crippen MR) is 316 cm³/mol. The number of unbranched alkanes of at least 4 members (excludes halogenated alkanes) is 46. The van der Waals surface area contributed by atoms with Gasteiger partial charge in [-0.25, -0.2) is 0 Å². The van der Waals surface area contributed by atoms with Crippen molar-refractivity contribution < 1.29 is 28.6 Å². The topological polar surface area (TPSA) is 78.9 Å². The van der Waals surface area contributed by atoms with Gasteiger partial charge in [-0.15, -0.1) is 0 Å². The van der Waals surface area contributed by atoms with Crippen LogP contribution in [0.25, 0.3) is 0 Å². The van der Waals surface area contributed by atoms with Crippen molar-refractivity contribution in [3.63, 3.8) is 0 Å². The fraction of sp³-hybridized carbons (Fsp3) is 0.896. The van der Waals surface area contributed by atoms with Crippen molar-refractivity contribution >= 4 is 17.9 Å². The van der Waals surface area contributed by atoms with E-state index in [-0.39, 0.29) is 31.1 Å². The molecule has 0 fully saturated rings. The van der Waals surface area contributed by atoms with Crippen LogP contribution in [0, 0.1) is 0 Å². The highest BCUT2D eigenvalue weighted by Crippen LogP contribution is 2.18. The molecule has 430 valence electrons. The van der Waals surface area contributed by atoms with E-state index in [2.05, 4.69) is 45.1 Å². The summed E-state index contributed by atoms with van der Waals surface area (Å²) in [4.78, 5) is 38.1. The molecule has 0 aromatic heterocycles. The number of allylic oxidation sites excluding steroid dienone is 4. The van der Waals surface area contributed by atoms with Crippen molar-refractivity contribution in [1.82, 2.24) is 0 Å². The van der Waals surface area contributed by atoms with Gasteiger partial charge in [0.1, 0.15) is 13.2 Å². The van der Waals surface area contributed by atoms with Crippen molar-refractivity contribution in [2.75, 3.05) is 13.2 Å². The first-order valence-corrected chi connectivity index (χ1v) is 32.8. The van der Waals surface area contributed by atoms with Crippen LogP contribution in [0.4, 0.5) is 0 Å². The quantitative estimate of drug-likeness (QED) is 0.0261. The van der Waals surface area contributed by atoms with E-state index in [0.29, 0.717) is 19.3 Å². The van der Waals surface area contributed by atoms with Gasteiger partial charge in [-0.2, -0.15) is 0 Å². The van der Waals surface area contributed by atoms with E-state index in [4.69, 9.17) is 14.2 Å². The molecule has 0 aliphatic heterocycles. The molecule has 0 aromatic rings. The Bertz CT molecular complexity index is 1180. The van der Waals surface area contributed by atoms with Gasteiger partial charge in [0, 0.05) is 19.3 Å². The molecule has 0 bridgehead atoms. The van der Waals surface area contributed by atoms with E-state index in [9.17, 15) is 14.4 Å². The summed E-state index contributed by atoms with van der Waals surface area (Å²) in [5.41, 5.74) is 0. The van der Waals surface area contributed by atoms with Crippen molar-refractivity contribution in [2.45, 2.75) is 374 Å². The minimum Gasteiger partial charge on any atom is -0.462 e. The Morgan fingerprint density at radius 2 is 0.452 bits per heavy atom. The maximum absolute atomic E-state index is 12.8. The minimum absolute atomic E-state index is 0.0691. The summed E-state index contributed by atoms with van der Waals surface area (Å²) < 4.78 is 16.8. The predicted octanol–water partition coefficient (Wildman–Crippen LogP) is 22.2. The molecule has 0 spiro atoms. The van der Waals surface area contributed by atoms with Crippen LogP contribution in [0.2, 0.25) is 0 Å². The van der Waals surface area contributed by atoms with Crippen LogP contribution in [0.5, 0.6) is 0 Å². The SMILES string of the molecule is CCCCCC/C=C\CCCCCCCC(=O)OC(COC(=O)CCCCCCCCCCC)COC(=O)CCCCCCCCCCCCCCCCCCCCCCC/C=C\CCCCCCCCCC. The van der Waals surface area contributed by atoms with Gasteiger partial charge in [0.05, 0.1) is 0 Å². The number of hydrogen-bond acceptors (Lipinski definition) is 6. The summed E-state index contributed by atoms with van der Waals surface area (Å²) in [6, 6.07) is 0. The van der Waals surface area contributed by atoms with Crippen LogP contribution < -0.4 is 0 Å². The fourth-order valence-electron chi connectivity index (χ4n) is 9.97. The highest BCUT2D eigenvalue weighted by Gasteiger charge is 2.19. The first-order valence-electron chi connectivity index (χ1n) is 32.8. The summed E-state index contributed by atoms with van der Waals surface area (Å²) in [5, 5.41) is 0. The van der Waals surface area contributed by atoms with Gasteiger partial charge in [-0.05, 0) is 70.6 Å². The molecule has 6 heteroatoms. The Labute approximate surface area is 455 Å². The molecule has 73 heavy (non-hydrogen) atoms. The number of hydrogen-bond donors (Lipinski definition) is 0. The molecular formula is C67H126O6. The van der Waals surface area contributed by atoms with E-state index in [0.717, 1.165) is 64.2 Å². The lowest BCUT2D eigenvalue weighted by Crippen LogP contribution is -2.30. The van der Waals surface area contributed by atoms with Crippen LogP contribution in [-0.2, 0) is 28.6 Å². The van der Waals surface area contributed by atoms with Gasteiger partial charge in [-0.1, -0.05) is 302 Å². The van der Waals surface area contributed by atoms with Gasteiger partial charge in [0.2, 0.25) is 0 Å². The molecule has 0 N–H and O–H groups in total. The zero-order chi connectivity index (χ0) is 52.9. The van der Waals surface area contributed by atoms with Gasteiger partial charge < -0.3 is 14.2 Å². The molecule has 0 aliphatic carbocycles. The second-order valence-corrected chi connectivity index (χ2v) is 22.4. The third-order valence-electron chi connectivity index (χ3n) is 14.9. The molecule has 0 amide bonds. The Morgan fingerprint density at radius 1 is 0.260 bits per heavy atom. The molecule has 6 nitrogen and oxygen atoms in total. The number of ether oxygens (including phenoxy) is 3. The van der Waals surface area contributed by atoms with Crippen molar-refractivity contribution in [1.29, 1.82) is 0 Å². The minimum atomic E-state index is -0.769. The number of carbonyl (C=O) groups excluding carboxylic acids is 3. The first kappa shape index (κ1) is 70.9. The van der Waals surface area contributed by atoms with E-state index in [1.54, 1.807) is 0 Å². The van der Waals surface area contributed by atoms with E-state index in [1.165, 1.54) is 263 Å². The highest BCUT2D eigenvalue weighted by molar-refractivity contribution is 5.71. The third-order valence-corrected chi connectivity index (χ3v) is 14.9. The molecule has 1 unspecified atom stereocenters. The fourth-order valence-corrected chi connectivity index (χ4v) is 9.97. The second-order valence-electron chi connectivity index (χ2n) is 22.4. The van der Waals surface area contributed by atoms with Crippen molar-refractivity contribution in [2.24, 2.45) is 0 Å². The van der Waals surface area contributed by atoms with Crippen molar-refractivity contribution in [3.05, 3.63) is 24.3 Å². The van der Waals surface area contributed by atoms with E-state index >= 15 is 0 Å². The molecule has 0 saturated carbocycles. The summed E-state index contributed by atoms with van der Waals surface area (Å²) in [6.07, 6.45) is 75.1. The van der Waals surface area contributed by atoms with Gasteiger partial charge >= 0.3 is 17.9 Å². The maximum atomic E-state index is 12.8. The molecule has 0 saturated heterocycles. The van der Waals surface area contributed by atoms with Crippen LogP contribution >= 0.6 is 0 Å². The average Bonchev–Trinajstić information content (AvgIpc) is 3.39. The molecule has 0 rings (SSSR count). The summed E-state index contributed by atoms with van der Waals surface area (Å²) >= 11 is 0. The van der Waals surface area contributed by atoms with E-state index < -0.39 is 6.10 Å². The largest absolute Gasteiger partial charge is 0.462 e. The lowest BCUT2D eigenvalue weighted by molar-refractivity contribution is -0.167. The molecule has 0 heterocycles. The summed E-state index contributed by atoms with van der Waals surface area (Å²) in [5.74, 6) is -0.859. The van der Waals surface area contributed by atoms with Gasteiger partial charge in [0.25, 0.3) is 0 Å². The number of carbonyl (C=O) groups is 3. The van der Waals surface area contributed by atoms with Crippen LogP contribution in [0.3, 0.4) is 0 Å². The number of esters is 3. The zero-order valence-corrected chi connectivity index (χ0v) is 49.4. The molecule has 0 aliphatic rings. The molecule has 0 aromatic carbocycles.